The quantitative estimate of drug-likeness (QED) is 0.855. The molecule has 1 heterocycles. The second-order valence-corrected chi connectivity index (χ2v) is 3.65. The van der Waals surface area contributed by atoms with E-state index in [1.165, 1.54) is 12.1 Å². The van der Waals surface area contributed by atoms with E-state index in [0.29, 0.717) is 5.69 Å². The molecule has 0 atom stereocenters. The van der Waals surface area contributed by atoms with E-state index in [4.69, 9.17) is 4.74 Å². The third-order valence-electron chi connectivity index (χ3n) is 2.30. The smallest absolute Gasteiger partial charge is 0.250 e. The van der Waals surface area contributed by atoms with Crippen molar-refractivity contribution in [2.45, 2.75) is 6.10 Å². The SMILES string of the molecule is Cl.O=C(COC1CNC1)Nc1cccc(F)c1. The van der Waals surface area contributed by atoms with E-state index in [2.05, 4.69) is 10.6 Å². The van der Waals surface area contributed by atoms with Crippen molar-refractivity contribution in [1.29, 1.82) is 0 Å². The van der Waals surface area contributed by atoms with Crippen molar-refractivity contribution >= 4 is 24.0 Å². The van der Waals surface area contributed by atoms with Gasteiger partial charge in [0.05, 0.1) is 6.10 Å². The number of anilines is 1. The van der Waals surface area contributed by atoms with Gasteiger partial charge in [0, 0.05) is 18.8 Å². The molecule has 1 aromatic carbocycles. The molecule has 4 nitrogen and oxygen atoms in total. The Bertz CT molecular complexity index is 385. The maximum atomic E-state index is 12.8. The van der Waals surface area contributed by atoms with Crippen LogP contribution < -0.4 is 10.6 Å². The first-order valence-corrected chi connectivity index (χ1v) is 5.12. The minimum atomic E-state index is -0.373. The molecule has 0 spiro atoms. The van der Waals surface area contributed by atoms with Gasteiger partial charge >= 0.3 is 0 Å². The van der Waals surface area contributed by atoms with Gasteiger partial charge in [-0.25, -0.2) is 4.39 Å². The summed E-state index contributed by atoms with van der Waals surface area (Å²) in [6.07, 6.45) is 0.123. The van der Waals surface area contributed by atoms with E-state index in [9.17, 15) is 9.18 Å². The average Bonchev–Trinajstić information content (AvgIpc) is 2.15. The van der Waals surface area contributed by atoms with Crippen LogP contribution in [-0.2, 0) is 9.53 Å². The van der Waals surface area contributed by atoms with E-state index in [1.807, 2.05) is 0 Å². The summed E-state index contributed by atoms with van der Waals surface area (Å²) in [4.78, 5) is 11.4. The van der Waals surface area contributed by atoms with E-state index in [-0.39, 0.29) is 36.8 Å². The molecule has 0 aromatic heterocycles. The molecule has 1 aliphatic rings. The molecule has 1 aromatic rings. The fourth-order valence-corrected chi connectivity index (χ4v) is 1.34. The number of amides is 1. The van der Waals surface area contributed by atoms with Crippen LogP contribution in [0.2, 0.25) is 0 Å². The first kappa shape index (κ1) is 13.9. The molecule has 0 saturated carbocycles. The lowest BCUT2D eigenvalue weighted by Gasteiger charge is -2.26. The maximum absolute atomic E-state index is 12.8. The van der Waals surface area contributed by atoms with Crippen molar-refractivity contribution in [1.82, 2.24) is 5.32 Å². The number of rotatable bonds is 4. The minimum absolute atomic E-state index is 0. The molecule has 1 amide bonds. The zero-order valence-electron chi connectivity index (χ0n) is 9.11. The highest BCUT2D eigenvalue weighted by atomic mass is 35.5. The number of carbonyl (C=O) groups is 1. The van der Waals surface area contributed by atoms with Crippen molar-refractivity contribution in [3.05, 3.63) is 30.1 Å². The van der Waals surface area contributed by atoms with Gasteiger partial charge in [-0.3, -0.25) is 4.79 Å². The first-order valence-electron chi connectivity index (χ1n) is 5.12. The van der Waals surface area contributed by atoms with Crippen LogP contribution in [-0.4, -0.2) is 31.7 Å². The molecule has 94 valence electrons. The van der Waals surface area contributed by atoms with Gasteiger partial charge < -0.3 is 15.4 Å². The summed E-state index contributed by atoms with van der Waals surface area (Å²) in [6.45, 7) is 1.57. The molecule has 1 saturated heterocycles. The molecular formula is C11H14ClFN2O2. The summed E-state index contributed by atoms with van der Waals surface area (Å²) in [5.74, 6) is -0.639. The fraction of sp³-hybridized carbons (Fsp3) is 0.364. The van der Waals surface area contributed by atoms with E-state index in [0.717, 1.165) is 13.1 Å². The highest BCUT2D eigenvalue weighted by Gasteiger charge is 2.18. The fourth-order valence-electron chi connectivity index (χ4n) is 1.34. The summed E-state index contributed by atoms with van der Waals surface area (Å²) < 4.78 is 18.1. The largest absolute Gasteiger partial charge is 0.366 e. The summed E-state index contributed by atoms with van der Waals surface area (Å²) in [7, 11) is 0. The molecular weight excluding hydrogens is 247 g/mol. The number of nitrogens with one attached hydrogen (secondary N) is 2. The van der Waals surface area contributed by atoms with Crippen LogP contribution in [0.1, 0.15) is 0 Å². The standard InChI is InChI=1S/C11H13FN2O2.ClH/c12-8-2-1-3-9(4-8)14-11(15)7-16-10-5-13-6-10;/h1-4,10,13H,5-7H2,(H,14,15);1H. The minimum Gasteiger partial charge on any atom is -0.366 e. The van der Waals surface area contributed by atoms with Crippen molar-refractivity contribution in [3.63, 3.8) is 0 Å². The van der Waals surface area contributed by atoms with E-state index < -0.39 is 0 Å². The lowest BCUT2D eigenvalue weighted by Crippen LogP contribution is -2.49. The van der Waals surface area contributed by atoms with Gasteiger partial charge in [-0.05, 0) is 18.2 Å². The third kappa shape index (κ3) is 4.30. The van der Waals surface area contributed by atoms with Crippen LogP contribution in [0.4, 0.5) is 10.1 Å². The predicted octanol–water partition coefficient (Wildman–Crippen LogP) is 1.17. The Kier molecular flexibility index (Phi) is 5.34. The highest BCUT2D eigenvalue weighted by Crippen LogP contribution is 2.09. The first-order chi connectivity index (χ1) is 7.74. The second kappa shape index (κ2) is 6.54. The maximum Gasteiger partial charge on any atom is 0.250 e. The number of ether oxygens (including phenoxy) is 1. The Morgan fingerprint density at radius 3 is 2.88 bits per heavy atom. The number of hydrogen-bond donors (Lipinski definition) is 2. The summed E-state index contributed by atoms with van der Waals surface area (Å²) in [5, 5.41) is 5.60. The van der Waals surface area contributed by atoms with Crippen molar-refractivity contribution in [2.24, 2.45) is 0 Å². The van der Waals surface area contributed by atoms with Crippen LogP contribution in [0, 0.1) is 5.82 Å². The molecule has 0 radical (unpaired) electrons. The van der Waals surface area contributed by atoms with Gasteiger partial charge in [0.2, 0.25) is 5.91 Å². The van der Waals surface area contributed by atoms with Crippen LogP contribution in [0.3, 0.4) is 0 Å². The molecule has 1 fully saturated rings. The predicted molar refractivity (Wildman–Crippen MR) is 64.9 cm³/mol. The monoisotopic (exact) mass is 260 g/mol. The molecule has 0 aliphatic carbocycles. The number of carbonyl (C=O) groups excluding carboxylic acids is 1. The van der Waals surface area contributed by atoms with Gasteiger partial charge in [-0.1, -0.05) is 6.07 Å². The summed E-state index contributed by atoms with van der Waals surface area (Å²) in [5.41, 5.74) is 0.445. The van der Waals surface area contributed by atoms with Crippen molar-refractivity contribution in [2.75, 3.05) is 25.0 Å². The molecule has 0 unspecified atom stereocenters. The van der Waals surface area contributed by atoms with E-state index in [1.54, 1.807) is 12.1 Å². The Hall–Kier alpha value is -1.17. The number of halogens is 2. The van der Waals surface area contributed by atoms with E-state index >= 15 is 0 Å². The normalized spacial score (nSPS) is 14.6. The summed E-state index contributed by atoms with van der Waals surface area (Å²) >= 11 is 0. The zero-order valence-corrected chi connectivity index (χ0v) is 9.93. The zero-order chi connectivity index (χ0) is 11.4. The molecule has 0 bridgehead atoms. The Morgan fingerprint density at radius 2 is 2.29 bits per heavy atom. The van der Waals surface area contributed by atoms with Gasteiger partial charge in [0.1, 0.15) is 12.4 Å². The van der Waals surface area contributed by atoms with Crippen molar-refractivity contribution in [3.8, 4) is 0 Å². The Labute approximate surface area is 105 Å². The van der Waals surface area contributed by atoms with Crippen LogP contribution in [0.5, 0.6) is 0 Å². The topological polar surface area (TPSA) is 50.4 Å². The van der Waals surface area contributed by atoms with Gasteiger partial charge in [0.25, 0.3) is 0 Å². The van der Waals surface area contributed by atoms with Crippen LogP contribution >= 0.6 is 12.4 Å². The lowest BCUT2D eigenvalue weighted by atomic mass is 10.2. The van der Waals surface area contributed by atoms with Crippen molar-refractivity contribution < 1.29 is 13.9 Å². The number of benzene rings is 1. The molecule has 6 heteroatoms. The highest BCUT2D eigenvalue weighted by molar-refractivity contribution is 5.91. The van der Waals surface area contributed by atoms with Crippen LogP contribution in [0.15, 0.2) is 24.3 Å². The van der Waals surface area contributed by atoms with Gasteiger partial charge in [-0.2, -0.15) is 0 Å². The molecule has 2 N–H and O–H groups in total. The average molecular weight is 261 g/mol. The number of hydrogen-bond acceptors (Lipinski definition) is 3. The van der Waals surface area contributed by atoms with Crippen LogP contribution in [0.25, 0.3) is 0 Å². The Morgan fingerprint density at radius 1 is 1.53 bits per heavy atom. The Balaban J connectivity index is 0.00000144. The van der Waals surface area contributed by atoms with Gasteiger partial charge in [0.15, 0.2) is 0 Å². The summed E-state index contributed by atoms with van der Waals surface area (Å²) in [6, 6.07) is 5.77. The molecule has 1 aliphatic heterocycles. The lowest BCUT2D eigenvalue weighted by molar-refractivity contribution is -0.123. The molecule has 2 rings (SSSR count). The van der Waals surface area contributed by atoms with Gasteiger partial charge in [-0.15, -0.1) is 12.4 Å². The second-order valence-electron chi connectivity index (χ2n) is 3.65. The molecule has 17 heavy (non-hydrogen) atoms. The third-order valence-corrected chi connectivity index (χ3v) is 2.30.